The fraction of sp³-hybridized carbons (Fsp3) is 0.474. The molecule has 0 unspecified atom stereocenters. The van der Waals surface area contributed by atoms with Gasteiger partial charge in [-0.3, -0.25) is 39.5 Å². The molecular weight excluding hydrogens is 898 g/mol. The van der Waals surface area contributed by atoms with Crippen LogP contribution in [0.2, 0.25) is 0 Å². The maximum atomic E-state index is 10.7. The fourth-order valence-electron chi connectivity index (χ4n) is 5.88. The first-order valence-corrected chi connectivity index (χ1v) is 21.3. The Morgan fingerprint density at radius 3 is 0.738 bits per heavy atom. The van der Waals surface area contributed by atoms with Gasteiger partial charge >= 0.3 is 28.1 Å². The van der Waals surface area contributed by atoms with Crippen molar-refractivity contribution < 1.29 is 69.4 Å². The van der Waals surface area contributed by atoms with Crippen molar-refractivity contribution in [3.05, 3.63) is 118 Å². The van der Waals surface area contributed by atoms with Crippen LogP contribution in [0, 0.1) is 27.7 Å². The van der Waals surface area contributed by atoms with Crippen LogP contribution in [0.4, 0.5) is 26.3 Å². The Kier molecular flexibility index (Phi) is 21.3. The third-order valence-corrected chi connectivity index (χ3v) is 9.96. The number of rotatable bonds is 8. The van der Waals surface area contributed by atoms with Crippen LogP contribution in [0.3, 0.4) is 0 Å². The van der Waals surface area contributed by atoms with Crippen molar-refractivity contribution in [3.63, 3.8) is 0 Å². The van der Waals surface area contributed by atoms with Gasteiger partial charge in [0.25, 0.3) is 0 Å². The van der Waals surface area contributed by atoms with Crippen molar-refractivity contribution in [1.29, 1.82) is 0 Å². The third-order valence-electron chi connectivity index (χ3n) is 8.82. The Balaban J connectivity index is 0.000000638. The summed E-state index contributed by atoms with van der Waals surface area (Å²) in [5.74, 6) is 0. The van der Waals surface area contributed by atoms with E-state index in [1.807, 2.05) is 0 Å². The first-order valence-electron chi connectivity index (χ1n) is 18.5. The molecule has 0 aliphatic carbocycles. The minimum absolute atomic E-state index is 0. The van der Waals surface area contributed by atoms with E-state index >= 15 is 0 Å². The van der Waals surface area contributed by atoms with Crippen molar-refractivity contribution >= 4 is 20.2 Å². The van der Waals surface area contributed by atoms with Gasteiger partial charge in [-0.25, -0.2) is 16.8 Å². The first-order chi connectivity index (χ1) is 27.9. The Labute approximate surface area is 363 Å². The predicted molar refractivity (Wildman–Crippen MR) is 209 cm³/mol. The van der Waals surface area contributed by atoms with Gasteiger partial charge in [0.05, 0.1) is 22.8 Å². The standard InChI is InChI=1S/C36H48N8.2CHF3O3S.Fe/c1-29-9-5-13-33(37-29)25-41-17-19-42(26-34-14-6-10-30(2)38-34)21-23-44(28-36-16-8-12-32(4)40-36)24-22-43(20-18-41)27-35-15-7-11-31(3)39-35;2*2-1(3,4)8(5,6)7;/h5-16H,17-28H2,1-4H3;2*(H,5,6,7);/q;;;+4/p-2. The zero-order valence-corrected chi connectivity index (χ0v) is 36.6. The smallest absolute Gasteiger partial charge is 0.741 e. The second kappa shape index (κ2) is 24.3. The summed E-state index contributed by atoms with van der Waals surface area (Å²) in [5.41, 5.74) is -2.49. The van der Waals surface area contributed by atoms with Crippen molar-refractivity contribution in [2.24, 2.45) is 0 Å². The van der Waals surface area contributed by atoms with Gasteiger partial charge in [0.15, 0.2) is 20.2 Å². The zero-order valence-electron chi connectivity index (χ0n) is 33.9. The van der Waals surface area contributed by atoms with Crippen LogP contribution in [-0.4, -0.2) is 129 Å². The van der Waals surface area contributed by atoms with Gasteiger partial charge in [0.2, 0.25) is 0 Å². The topological polar surface area (TPSA) is 179 Å². The molecular formula is C38H48F6FeN8O6S2+2. The molecule has 0 atom stereocenters. The minimum Gasteiger partial charge on any atom is -0.741 e. The van der Waals surface area contributed by atoms with Gasteiger partial charge in [-0.15, -0.1) is 0 Å². The number of halogens is 6. The number of alkyl halides is 6. The van der Waals surface area contributed by atoms with Gasteiger partial charge in [-0.1, -0.05) is 24.3 Å². The Hall–Kier alpha value is -3.64. The normalized spacial score (nSPS) is 15.8. The molecule has 336 valence electrons. The van der Waals surface area contributed by atoms with Crippen molar-refractivity contribution in [1.82, 2.24) is 39.5 Å². The molecule has 1 saturated heterocycles. The number of hydrogen-bond donors (Lipinski definition) is 0. The Morgan fingerprint density at radius 1 is 0.443 bits per heavy atom. The quantitative estimate of drug-likeness (QED) is 0.101. The molecule has 5 rings (SSSR count). The third kappa shape index (κ3) is 20.4. The molecule has 0 amide bonds. The van der Waals surface area contributed by atoms with E-state index in [0.29, 0.717) is 0 Å². The summed E-state index contributed by atoms with van der Waals surface area (Å²) in [6.07, 6.45) is 0. The van der Waals surface area contributed by atoms with Gasteiger partial charge in [-0.2, -0.15) is 26.3 Å². The summed E-state index contributed by atoms with van der Waals surface area (Å²) < 4.78 is 118. The average Bonchev–Trinajstić information content (AvgIpc) is 3.11. The monoisotopic (exact) mass is 946 g/mol. The van der Waals surface area contributed by atoms with E-state index in [9.17, 15) is 26.3 Å². The van der Waals surface area contributed by atoms with E-state index in [0.717, 1.165) is 124 Å². The van der Waals surface area contributed by atoms with E-state index in [-0.39, 0.29) is 17.1 Å². The SMILES string of the molecule is Cc1cccc(CN2CCN(Cc3cccc(C)n3)CCN(Cc3cccc(C)n3)CCN(Cc3cccc(C)n3)CC2)n1.O=S(=O)([O-])C(F)(F)F.O=S(=O)([O-])C(F)(F)F.[Fe+4]. The summed E-state index contributed by atoms with van der Waals surface area (Å²) >= 11 is 0. The maximum absolute atomic E-state index is 10.7. The second-order valence-electron chi connectivity index (χ2n) is 14.0. The van der Waals surface area contributed by atoms with Crippen LogP contribution in [-0.2, 0) is 63.5 Å². The Morgan fingerprint density at radius 2 is 0.607 bits per heavy atom. The predicted octanol–water partition coefficient (Wildman–Crippen LogP) is 4.92. The van der Waals surface area contributed by atoms with E-state index in [2.05, 4.69) is 120 Å². The molecule has 1 fully saturated rings. The molecule has 61 heavy (non-hydrogen) atoms. The maximum Gasteiger partial charge on any atom is 4.00 e. The summed E-state index contributed by atoms with van der Waals surface area (Å²) in [7, 11) is -12.2. The molecule has 0 spiro atoms. The van der Waals surface area contributed by atoms with Crippen LogP contribution in [0.25, 0.3) is 0 Å². The molecule has 0 N–H and O–H groups in total. The van der Waals surface area contributed by atoms with Crippen molar-refractivity contribution in [2.45, 2.75) is 64.9 Å². The van der Waals surface area contributed by atoms with Crippen LogP contribution < -0.4 is 0 Å². The van der Waals surface area contributed by atoms with E-state index in [1.165, 1.54) is 0 Å². The van der Waals surface area contributed by atoms with Gasteiger partial charge in [0, 0.05) is 101 Å². The summed E-state index contributed by atoms with van der Waals surface area (Å²) in [4.78, 5) is 29.7. The Bertz CT molecular complexity index is 1910. The number of pyridine rings is 4. The van der Waals surface area contributed by atoms with Gasteiger partial charge in [-0.05, 0) is 76.2 Å². The summed E-state index contributed by atoms with van der Waals surface area (Å²) in [5, 5.41) is 0. The van der Waals surface area contributed by atoms with Crippen LogP contribution >= 0.6 is 0 Å². The molecule has 23 heteroatoms. The molecule has 1 aliphatic rings. The molecule has 5 heterocycles. The van der Waals surface area contributed by atoms with E-state index in [1.54, 1.807) is 0 Å². The molecule has 4 aromatic heterocycles. The summed E-state index contributed by atoms with van der Waals surface area (Å²) in [6, 6.07) is 25.4. The first kappa shape index (κ1) is 53.5. The molecule has 4 aromatic rings. The average molecular weight is 947 g/mol. The van der Waals surface area contributed by atoms with E-state index < -0.39 is 31.3 Å². The van der Waals surface area contributed by atoms with Gasteiger partial charge in [0.1, 0.15) is 0 Å². The molecule has 0 radical (unpaired) electrons. The molecule has 1 aliphatic heterocycles. The van der Waals surface area contributed by atoms with E-state index in [4.69, 9.17) is 45.9 Å². The zero-order chi connectivity index (χ0) is 44.7. The molecule has 14 nitrogen and oxygen atoms in total. The minimum atomic E-state index is -6.09. The molecule has 0 bridgehead atoms. The number of hydrogen-bond acceptors (Lipinski definition) is 14. The summed E-state index contributed by atoms with van der Waals surface area (Å²) in [6.45, 7) is 19.4. The van der Waals surface area contributed by atoms with Crippen LogP contribution in [0.15, 0.2) is 72.8 Å². The second-order valence-corrected chi connectivity index (χ2v) is 16.7. The van der Waals surface area contributed by atoms with Crippen molar-refractivity contribution in [3.8, 4) is 0 Å². The largest absolute Gasteiger partial charge is 4.00 e. The van der Waals surface area contributed by atoms with Crippen molar-refractivity contribution in [2.75, 3.05) is 52.4 Å². The number of nitrogens with zero attached hydrogens (tertiary/aromatic N) is 8. The number of aromatic nitrogens is 4. The number of aryl methyl sites for hydroxylation is 4. The van der Waals surface area contributed by atoms with Gasteiger partial charge < -0.3 is 9.11 Å². The fourth-order valence-corrected chi connectivity index (χ4v) is 5.88. The molecule has 0 aromatic carbocycles. The van der Waals surface area contributed by atoms with Crippen LogP contribution in [0.5, 0.6) is 0 Å². The van der Waals surface area contributed by atoms with Crippen LogP contribution in [0.1, 0.15) is 45.6 Å². The molecule has 0 saturated carbocycles.